The second-order valence-electron chi connectivity index (χ2n) is 6.19. The minimum absolute atomic E-state index is 0.0212. The molecule has 2 bridgehead atoms. The Labute approximate surface area is 125 Å². The molecular formula is C16H23N3O2. The summed E-state index contributed by atoms with van der Waals surface area (Å²) in [5.41, 5.74) is 8.02. The SMILES string of the molecule is COc1ccc(NC(=O)N2C[C@H]3CC[C@@H](C2)C3N)c(C)c1. The predicted molar refractivity (Wildman–Crippen MR) is 82.5 cm³/mol. The molecule has 2 fully saturated rings. The first-order valence-corrected chi connectivity index (χ1v) is 7.54. The molecule has 114 valence electrons. The monoisotopic (exact) mass is 289 g/mol. The number of methoxy groups -OCH3 is 1. The molecule has 1 unspecified atom stereocenters. The van der Waals surface area contributed by atoms with Gasteiger partial charge in [0.05, 0.1) is 7.11 Å². The molecule has 1 aliphatic carbocycles. The van der Waals surface area contributed by atoms with Crippen molar-refractivity contribution in [3.05, 3.63) is 23.8 Å². The third-order valence-electron chi connectivity index (χ3n) is 4.87. The number of fused-ring (bicyclic) bond motifs is 2. The third kappa shape index (κ3) is 2.70. The van der Waals surface area contributed by atoms with E-state index in [1.807, 2.05) is 30.0 Å². The van der Waals surface area contributed by atoms with E-state index in [9.17, 15) is 4.79 Å². The van der Waals surface area contributed by atoms with Crippen LogP contribution in [0.5, 0.6) is 5.75 Å². The fourth-order valence-corrected chi connectivity index (χ4v) is 3.53. The lowest BCUT2D eigenvalue weighted by Gasteiger charge is -2.36. The number of likely N-dealkylation sites (tertiary alicyclic amines) is 1. The van der Waals surface area contributed by atoms with E-state index in [0.717, 1.165) is 42.9 Å². The van der Waals surface area contributed by atoms with Crippen LogP contribution >= 0.6 is 0 Å². The number of amides is 2. The van der Waals surface area contributed by atoms with Crippen LogP contribution in [-0.2, 0) is 0 Å². The number of carbonyl (C=O) groups is 1. The first-order valence-electron chi connectivity index (χ1n) is 7.54. The fraction of sp³-hybridized carbons (Fsp3) is 0.562. The maximum absolute atomic E-state index is 12.4. The van der Waals surface area contributed by atoms with Crippen molar-refractivity contribution in [3.8, 4) is 5.75 Å². The first-order chi connectivity index (χ1) is 10.1. The van der Waals surface area contributed by atoms with Gasteiger partial charge in [-0.25, -0.2) is 4.79 Å². The number of hydrogen-bond donors (Lipinski definition) is 2. The topological polar surface area (TPSA) is 67.6 Å². The number of nitrogens with two attached hydrogens (primary N) is 1. The molecule has 1 aromatic rings. The van der Waals surface area contributed by atoms with Crippen LogP contribution in [0.2, 0.25) is 0 Å². The second-order valence-corrected chi connectivity index (χ2v) is 6.19. The fourth-order valence-electron chi connectivity index (χ4n) is 3.53. The Bertz CT molecular complexity index is 532. The number of nitrogens with one attached hydrogen (secondary N) is 1. The molecule has 0 radical (unpaired) electrons. The molecule has 1 heterocycles. The first kappa shape index (κ1) is 14.2. The molecular weight excluding hydrogens is 266 g/mol. The van der Waals surface area contributed by atoms with Crippen molar-refractivity contribution in [2.24, 2.45) is 17.6 Å². The summed E-state index contributed by atoms with van der Waals surface area (Å²) in [4.78, 5) is 14.4. The summed E-state index contributed by atoms with van der Waals surface area (Å²) >= 11 is 0. The summed E-state index contributed by atoms with van der Waals surface area (Å²) in [5, 5.41) is 3.01. The summed E-state index contributed by atoms with van der Waals surface area (Å²) in [5.74, 6) is 1.73. The van der Waals surface area contributed by atoms with Gasteiger partial charge in [0.2, 0.25) is 0 Å². The average molecular weight is 289 g/mol. The number of ether oxygens (including phenoxy) is 1. The Morgan fingerprint density at radius 1 is 1.33 bits per heavy atom. The number of rotatable bonds is 2. The highest BCUT2D eigenvalue weighted by Gasteiger charge is 2.41. The highest BCUT2D eigenvalue weighted by atomic mass is 16.5. The van der Waals surface area contributed by atoms with Crippen LogP contribution in [0.3, 0.4) is 0 Å². The van der Waals surface area contributed by atoms with Crippen LogP contribution in [0, 0.1) is 18.8 Å². The minimum atomic E-state index is -0.0212. The van der Waals surface area contributed by atoms with Gasteiger partial charge in [0.25, 0.3) is 0 Å². The Kier molecular flexibility index (Phi) is 3.76. The highest BCUT2D eigenvalue weighted by Crippen LogP contribution is 2.35. The number of urea groups is 1. The normalized spacial score (nSPS) is 27.6. The van der Waals surface area contributed by atoms with Crippen LogP contribution in [0.4, 0.5) is 10.5 Å². The summed E-state index contributed by atoms with van der Waals surface area (Å²) in [6, 6.07) is 5.92. The number of hydrogen-bond acceptors (Lipinski definition) is 3. The number of anilines is 1. The van der Waals surface area contributed by atoms with E-state index < -0.39 is 0 Å². The molecule has 2 amide bonds. The molecule has 0 aromatic heterocycles. The van der Waals surface area contributed by atoms with Crippen LogP contribution in [0.15, 0.2) is 18.2 Å². The van der Waals surface area contributed by atoms with E-state index >= 15 is 0 Å². The number of piperidine rings is 1. The molecule has 1 aromatic carbocycles. The minimum Gasteiger partial charge on any atom is -0.497 e. The molecule has 3 rings (SSSR count). The van der Waals surface area contributed by atoms with Crippen molar-refractivity contribution in [1.82, 2.24) is 4.90 Å². The van der Waals surface area contributed by atoms with Gasteiger partial charge in [0.15, 0.2) is 0 Å². The van der Waals surface area contributed by atoms with Crippen LogP contribution < -0.4 is 15.8 Å². The Hall–Kier alpha value is -1.75. The third-order valence-corrected chi connectivity index (χ3v) is 4.87. The Morgan fingerprint density at radius 3 is 2.57 bits per heavy atom. The van der Waals surface area contributed by atoms with Gasteiger partial charge >= 0.3 is 6.03 Å². The molecule has 5 heteroatoms. The van der Waals surface area contributed by atoms with Crippen molar-refractivity contribution in [3.63, 3.8) is 0 Å². The second kappa shape index (κ2) is 5.56. The molecule has 21 heavy (non-hydrogen) atoms. The van der Waals surface area contributed by atoms with Gasteiger partial charge < -0.3 is 20.7 Å². The van der Waals surface area contributed by atoms with Gasteiger partial charge in [0, 0.05) is 24.8 Å². The zero-order valence-electron chi connectivity index (χ0n) is 12.6. The molecule has 3 atom stereocenters. The van der Waals surface area contributed by atoms with Gasteiger partial charge in [-0.1, -0.05) is 0 Å². The van der Waals surface area contributed by atoms with Crippen LogP contribution in [0.25, 0.3) is 0 Å². The van der Waals surface area contributed by atoms with E-state index in [1.54, 1.807) is 7.11 Å². The Morgan fingerprint density at radius 2 is 2.00 bits per heavy atom. The lowest BCUT2D eigenvalue weighted by molar-refractivity contribution is 0.161. The van der Waals surface area contributed by atoms with Crippen LogP contribution in [0.1, 0.15) is 18.4 Å². The zero-order valence-corrected chi connectivity index (χ0v) is 12.6. The van der Waals surface area contributed by atoms with E-state index in [1.165, 1.54) is 0 Å². The van der Waals surface area contributed by atoms with Crippen molar-refractivity contribution < 1.29 is 9.53 Å². The predicted octanol–water partition coefficient (Wildman–Crippen LogP) is 2.20. The maximum Gasteiger partial charge on any atom is 0.321 e. The van der Waals surface area contributed by atoms with Gasteiger partial charge in [-0.2, -0.15) is 0 Å². The van der Waals surface area contributed by atoms with Crippen molar-refractivity contribution in [2.45, 2.75) is 25.8 Å². The van der Waals surface area contributed by atoms with Gasteiger partial charge in [-0.15, -0.1) is 0 Å². The number of aryl methyl sites for hydroxylation is 1. The van der Waals surface area contributed by atoms with Crippen LogP contribution in [-0.4, -0.2) is 37.2 Å². The largest absolute Gasteiger partial charge is 0.497 e. The summed E-state index contributed by atoms with van der Waals surface area (Å²) in [6.07, 6.45) is 2.30. The number of benzene rings is 1. The van der Waals surface area contributed by atoms with Crippen molar-refractivity contribution in [1.29, 1.82) is 0 Å². The van der Waals surface area contributed by atoms with Crippen molar-refractivity contribution in [2.75, 3.05) is 25.5 Å². The highest BCUT2D eigenvalue weighted by molar-refractivity contribution is 5.90. The Balaban J connectivity index is 1.67. The standard InChI is InChI=1S/C16H23N3O2/c1-10-7-13(21-2)5-6-14(10)18-16(20)19-8-11-3-4-12(9-19)15(11)17/h5-7,11-12,15H,3-4,8-9,17H2,1-2H3,(H,18,20)/t11-,12+,15?. The molecule has 3 N–H and O–H groups in total. The van der Waals surface area contributed by atoms with E-state index in [4.69, 9.17) is 10.5 Å². The number of nitrogens with zero attached hydrogens (tertiary/aromatic N) is 1. The van der Waals surface area contributed by atoms with E-state index in [2.05, 4.69) is 5.32 Å². The lowest BCUT2D eigenvalue weighted by atomic mass is 9.93. The molecule has 1 saturated heterocycles. The molecule has 2 aliphatic rings. The summed E-state index contributed by atoms with van der Waals surface area (Å²) in [7, 11) is 1.64. The van der Waals surface area contributed by atoms with Gasteiger partial charge in [0.1, 0.15) is 5.75 Å². The van der Waals surface area contributed by atoms with Crippen molar-refractivity contribution >= 4 is 11.7 Å². The number of carbonyl (C=O) groups excluding carboxylic acids is 1. The molecule has 1 aliphatic heterocycles. The summed E-state index contributed by atoms with van der Waals surface area (Å²) < 4.78 is 5.18. The lowest BCUT2D eigenvalue weighted by Crippen LogP contribution is -2.51. The van der Waals surface area contributed by atoms with E-state index in [-0.39, 0.29) is 12.1 Å². The molecule has 1 saturated carbocycles. The van der Waals surface area contributed by atoms with Gasteiger partial charge in [-0.3, -0.25) is 0 Å². The molecule has 5 nitrogen and oxygen atoms in total. The van der Waals surface area contributed by atoms with Gasteiger partial charge in [-0.05, 0) is 55.4 Å². The molecule has 0 spiro atoms. The van der Waals surface area contributed by atoms with E-state index in [0.29, 0.717) is 11.8 Å². The summed E-state index contributed by atoms with van der Waals surface area (Å²) in [6.45, 7) is 3.52. The smallest absolute Gasteiger partial charge is 0.321 e. The zero-order chi connectivity index (χ0) is 15.0. The average Bonchev–Trinajstić information content (AvgIpc) is 2.70. The quantitative estimate of drug-likeness (QED) is 0.877. The maximum atomic E-state index is 12.4.